The van der Waals surface area contributed by atoms with Crippen LogP contribution in [0.1, 0.15) is 24.8 Å². The van der Waals surface area contributed by atoms with E-state index in [-0.39, 0.29) is 12.1 Å². The van der Waals surface area contributed by atoms with Gasteiger partial charge in [0, 0.05) is 24.4 Å². The zero-order chi connectivity index (χ0) is 15.9. The number of para-hydroxylation sites is 1. The molecule has 0 aliphatic carbocycles. The zero-order valence-electron chi connectivity index (χ0n) is 12.9. The molecule has 120 valence electrons. The molecule has 1 atom stereocenters. The van der Waals surface area contributed by atoms with Crippen LogP contribution in [0.25, 0.3) is 11.8 Å². The molecule has 0 spiro atoms. The second-order valence-corrected chi connectivity index (χ2v) is 5.51. The molecule has 0 radical (unpaired) electrons. The fourth-order valence-corrected chi connectivity index (χ4v) is 2.47. The van der Waals surface area contributed by atoms with Gasteiger partial charge < -0.3 is 9.47 Å². The maximum atomic E-state index is 11.7. The van der Waals surface area contributed by atoms with Crippen LogP contribution in [0.15, 0.2) is 48.8 Å². The largest absolute Gasteiger partial charge is 0.460 e. The normalized spacial score (nSPS) is 18.2. The molecule has 3 rings (SSSR count). The Labute approximate surface area is 135 Å². The molecule has 2 heterocycles. The summed E-state index contributed by atoms with van der Waals surface area (Å²) in [6.45, 7) is 1.09. The lowest BCUT2D eigenvalue weighted by Gasteiger charge is -2.21. The van der Waals surface area contributed by atoms with Crippen molar-refractivity contribution >= 4 is 12.0 Å². The average molecular weight is 312 g/mol. The quantitative estimate of drug-likeness (QED) is 0.629. The highest BCUT2D eigenvalue weighted by Gasteiger charge is 2.15. The van der Waals surface area contributed by atoms with Crippen LogP contribution in [0, 0.1) is 0 Å². The summed E-state index contributed by atoms with van der Waals surface area (Å²) in [5, 5.41) is 4.28. The van der Waals surface area contributed by atoms with E-state index in [1.165, 1.54) is 6.08 Å². The summed E-state index contributed by atoms with van der Waals surface area (Å²) in [4.78, 5) is 11.7. The maximum Gasteiger partial charge on any atom is 0.330 e. The van der Waals surface area contributed by atoms with E-state index in [2.05, 4.69) is 5.10 Å². The van der Waals surface area contributed by atoms with Crippen LogP contribution in [0.5, 0.6) is 0 Å². The first-order valence-corrected chi connectivity index (χ1v) is 7.88. The average Bonchev–Trinajstić information content (AvgIpc) is 3.09. The van der Waals surface area contributed by atoms with E-state index >= 15 is 0 Å². The lowest BCUT2D eigenvalue weighted by atomic mass is 10.1. The molecule has 1 unspecified atom stereocenters. The van der Waals surface area contributed by atoms with Crippen molar-refractivity contribution in [3.05, 3.63) is 54.4 Å². The molecule has 23 heavy (non-hydrogen) atoms. The first-order valence-electron chi connectivity index (χ1n) is 7.88. The Morgan fingerprint density at radius 3 is 3.00 bits per heavy atom. The van der Waals surface area contributed by atoms with E-state index in [4.69, 9.17) is 9.47 Å². The molecule has 0 bridgehead atoms. The highest BCUT2D eigenvalue weighted by molar-refractivity contribution is 5.86. The molecule has 1 aromatic carbocycles. The van der Waals surface area contributed by atoms with Gasteiger partial charge in [-0.2, -0.15) is 5.10 Å². The first-order chi connectivity index (χ1) is 11.3. The number of carbonyl (C=O) groups excluding carboxylic acids is 1. The Balaban J connectivity index is 1.51. The van der Waals surface area contributed by atoms with Crippen molar-refractivity contribution in [3.8, 4) is 5.69 Å². The van der Waals surface area contributed by atoms with Crippen LogP contribution in [0.2, 0.25) is 0 Å². The lowest BCUT2D eigenvalue weighted by Crippen LogP contribution is -2.25. The van der Waals surface area contributed by atoms with Gasteiger partial charge in [0.15, 0.2) is 0 Å². The Hall–Kier alpha value is -2.40. The smallest absolute Gasteiger partial charge is 0.330 e. The van der Waals surface area contributed by atoms with Gasteiger partial charge in [0.1, 0.15) is 6.61 Å². The molecule has 1 aliphatic heterocycles. The Morgan fingerprint density at radius 2 is 2.22 bits per heavy atom. The summed E-state index contributed by atoms with van der Waals surface area (Å²) >= 11 is 0. The minimum atomic E-state index is -0.355. The highest BCUT2D eigenvalue weighted by atomic mass is 16.6. The monoisotopic (exact) mass is 312 g/mol. The number of nitrogens with zero attached hydrogens (tertiary/aromatic N) is 2. The van der Waals surface area contributed by atoms with Gasteiger partial charge in [-0.3, -0.25) is 0 Å². The Morgan fingerprint density at radius 1 is 1.35 bits per heavy atom. The zero-order valence-corrected chi connectivity index (χ0v) is 12.9. The van der Waals surface area contributed by atoms with Crippen LogP contribution in [0.3, 0.4) is 0 Å². The van der Waals surface area contributed by atoms with Crippen LogP contribution in [-0.4, -0.2) is 35.1 Å². The van der Waals surface area contributed by atoms with Gasteiger partial charge in [-0.25, -0.2) is 9.48 Å². The summed E-state index contributed by atoms with van der Waals surface area (Å²) in [5.41, 5.74) is 1.82. The number of aromatic nitrogens is 2. The molecule has 5 heteroatoms. The third kappa shape index (κ3) is 4.53. The fraction of sp³-hybridized carbons (Fsp3) is 0.333. The van der Waals surface area contributed by atoms with Crippen molar-refractivity contribution in [2.24, 2.45) is 0 Å². The topological polar surface area (TPSA) is 53.4 Å². The number of benzene rings is 1. The third-order valence-electron chi connectivity index (χ3n) is 3.72. The molecule has 1 aromatic heterocycles. The second kappa shape index (κ2) is 7.74. The summed E-state index contributed by atoms with van der Waals surface area (Å²) in [7, 11) is 0. The SMILES string of the molecule is O=C(/C=C/c1cnn(-c2ccccc2)c1)OCC1CCCCO1. The van der Waals surface area contributed by atoms with Gasteiger partial charge in [0.2, 0.25) is 0 Å². The molecule has 2 aromatic rings. The van der Waals surface area contributed by atoms with E-state index in [1.54, 1.807) is 17.0 Å². The van der Waals surface area contributed by atoms with E-state index in [1.807, 2.05) is 36.5 Å². The van der Waals surface area contributed by atoms with E-state index in [0.717, 1.165) is 37.1 Å². The maximum absolute atomic E-state index is 11.7. The van der Waals surface area contributed by atoms with Crippen molar-refractivity contribution in [1.29, 1.82) is 0 Å². The third-order valence-corrected chi connectivity index (χ3v) is 3.72. The van der Waals surface area contributed by atoms with Gasteiger partial charge in [-0.15, -0.1) is 0 Å². The van der Waals surface area contributed by atoms with Crippen molar-refractivity contribution in [1.82, 2.24) is 9.78 Å². The molecule has 0 amide bonds. The highest BCUT2D eigenvalue weighted by Crippen LogP contribution is 2.13. The molecular weight excluding hydrogens is 292 g/mol. The standard InChI is InChI=1S/C18H20N2O3/c21-18(23-14-17-8-4-5-11-22-17)10-9-15-12-19-20(13-15)16-6-2-1-3-7-16/h1-3,6-7,9-10,12-13,17H,4-5,8,11,14H2/b10-9+. The molecule has 1 saturated heterocycles. The van der Waals surface area contributed by atoms with Gasteiger partial charge in [0.05, 0.1) is 18.0 Å². The van der Waals surface area contributed by atoms with Gasteiger partial charge >= 0.3 is 5.97 Å². The number of rotatable bonds is 5. The fourth-order valence-electron chi connectivity index (χ4n) is 2.47. The summed E-state index contributed by atoms with van der Waals surface area (Å²) in [6, 6.07) is 9.81. The van der Waals surface area contributed by atoms with Crippen LogP contribution >= 0.6 is 0 Å². The summed E-state index contributed by atoms with van der Waals surface area (Å²) in [5.74, 6) is -0.355. The number of hydrogen-bond donors (Lipinski definition) is 0. The molecule has 5 nitrogen and oxygen atoms in total. The molecule has 0 saturated carbocycles. The van der Waals surface area contributed by atoms with E-state index in [9.17, 15) is 4.79 Å². The molecule has 0 N–H and O–H groups in total. The predicted octanol–water partition coefficient (Wildman–Crippen LogP) is 3.00. The number of ether oxygens (including phenoxy) is 2. The molecule has 1 fully saturated rings. The Bertz CT molecular complexity index is 658. The number of hydrogen-bond acceptors (Lipinski definition) is 4. The van der Waals surface area contributed by atoms with Gasteiger partial charge in [0.25, 0.3) is 0 Å². The number of carbonyl (C=O) groups is 1. The molecule has 1 aliphatic rings. The van der Waals surface area contributed by atoms with Crippen molar-refractivity contribution < 1.29 is 14.3 Å². The minimum Gasteiger partial charge on any atom is -0.460 e. The number of esters is 1. The van der Waals surface area contributed by atoms with Crippen molar-refractivity contribution in [3.63, 3.8) is 0 Å². The predicted molar refractivity (Wildman–Crippen MR) is 87.1 cm³/mol. The minimum absolute atomic E-state index is 0.0435. The van der Waals surface area contributed by atoms with Crippen LogP contribution in [0.4, 0.5) is 0 Å². The van der Waals surface area contributed by atoms with Crippen molar-refractivity contribution in [2.45, 2.75) is 25.4 Å². The summed E-state index contributed by atoms with van der Waals surface area (Å²) in [6.07, 6.45) is 9.94. The second-order valence-electron chi connectivity index (χ2n) is 5.51. The lowest BCUT2D eigenvalue weighted by molar-refractivity contribution is -0.143. The van der Waals surface area contributed by atoms with Crippen molar-refractivity contribution in [2.75, 3.05) is 13.2 Å². The van der Waals surface area contributed by atoms with E-state index < -0.39 is 0 Å². The van der Waals surface area contributed by atoms with Crippen LogP contribution in [-0.2, 0) is 14.3 Å². The Kier molecular flexibility index (Phi) is 5.21. The van der Waals surface area contributed by atoms with Gasteiger partial charge in [-0.1, -0.05) is 18.2 Å². The van der Waals surface area contributed by atoms with Crippen LogP contribution < -0.4 is 0 Å². The first kappa shape index (κ1) is 15.5. The molecular formula is C18H20N2O3. The van der Waals surface area contributed by atoms with E-state index in [0.29, 0.717) is 6.61 Å². The van der Waals surface area contributed by atoms with Gasteiger partial charge in [-0.05, 0) is 37.5 Å². The summed E-state index contributed by atoms with van der Waals surface area (Å²) < 4.78 is 12.5.